The number of benzene rings is 1. The maximum Gasteiger partial charge on any atom is 0.268 e. The van der Waals surface area contributed by atoms with Crippen LogP contribution >= 0.6 is 57.4 Å². The first-order valence-corrected chi connectivity index (χ1v) is 6.76. The van der Waals surface area contributed by atoms with Gasteiger partial charge in [0, 0.05) is 6.07 Å². The van der Waals surface area contributed by atoms with Crippen molar-refractivity contribution in [1.29, 1.82) is 0 Å². The van der Waals surface area contributed by atoms with Gasteiger partial charge in [-0.15, -0.1) is 0 Å². The predicted octanol–water partition coefficient (Wildman–Crippen LogP) is 4.13. The van der Waals surface area contributed by atoms with Crippen molar-refractivity contribution < 1.29 is 4.74 Å². The molecule has 0 bridgehead atoms. The number of rotatable bonds is 2. The smallest absolute Gasteiger partial charge is 0.268 e. The van der Waals surface area contributed by atoms with Gasteiger partial charge >= 0.3 is 0 Å². The number of halogens is 4. The molecule has 1 heterocycles. The van der Waals surface area contributed by atoms with Gasteiger partial charge in [-0.2, -0.15) is 0 Å². The summed E-state index contributed by atoms with van der Waals surface area (Å²) in [7, 11) is 0. The van der Waals surface area contributed by atoms with Crippen molar-refractivity contribution in [3.05, 3.63) is 47.5 Å². The van der Waals surface area contributed by atoms with Crippen molar-refractivity contribution >= 4 is 57.4 Å². The SMILES string of the molecule is O=c1[nH]cnc(Oc2cc(Cl)c(Cl)cc2Cl)c1I. The van der Waals surface area contributed by atoms with E-state index in [1.807, 2.05) is 22.6 Å². The summed E-state index contributed by atoms with van der Waals surface area (Å²) in [5.41, 5.74) is -0.295. The highest BCUT2D eigenvalue weighted by Gasteiger charge is 2.12. The van der Waals surface area contributed by atoms with Gasteiger partial charge in [0.2, 0.25) is 5.88 Å². The molecule has 0 saturated heterocycles. The molecule has 18 heavy (non-hydrogen) atoms. The number of aromatic nitrogens is 2. The molecule has 8 heteroatoms. The van der Waals surface area contributed by atoms with Crippen LogP contribution in [-0.2, 0) is 0 Å². The minimum Gasteiger partial charge on any atom is -0.436 e. The van der Waals surface area contributed by atoms with Crippen LogP contribution in [0.5, 0.6) is 11.6 Å². The second kappa shape index (κ2) is 5.64. The van der Waals surface area contributed by atoms with Gasteiger partial charge in [-0.3, -0.25) is 4.79 Å². The van der Waals surface area contributed by atoms with Crippen molar-refractivity contribution in [3.63, 3.8) is 0 Å². The summed E-state index contributed by atoms with van der Waals surface area (Å²) < 4.78 is 5.76. The minimum absolute atomic E-state index is 0.152. The third kappa shape index (κ3) is 2.90. The number of nitrogens with one attached hydrogen (secondary N) is 1. The summed E-state index contributed by atoms with van der Waals surface area (Å²) >= 11 is 19.4. The minimum atomic E-state index is -0.295. The Morgan fingerprint density at radius 1 is 1.17 bits per heavy atom. The molecule has 2 aromatic rings. The van der Waals surface area contributed by atoms with Gasteiger partial charge in [-0.05, 0) is 28.7 Å². The fourth-order valence-corrected chi connectivity index (χ4v) is 2.10. The molecule has 2 rings (SSSR count). The fourth-order valence-electron chi connectivity index (χ4n) is 1.12. The van der Waals surface area contributed by atoms with Gasteiger partial charge in [0.05, 0.1) is 21.4 Å². The predicted molar refractivity (Wildman–Crippen MR) is 79.1 cm³/mol. The Balaban J connectivity index is 2.43. The number of hydrogen-bond donors (Lipinski definition) is 1. The highest BCUT2D eigenvalue weighted by molar-refractivity contribution is 14.1. The van der Waals surface area contributed by atoms with Crippen LogP contribution in [0.15, 0.2) is 23.3 Å². The first-order chi connectivity index (χ1) is 8.49. The lowest BCUT2D eigenvalue weighted by Gasteiger charge is -2.08. The van der Waals surface area contributed by atoms with Crippen LogP contribution in [0.25, 0.3) is 0 Å². The van der Waals surface area contributed by atoms with Crippen LogP contribution < -0.4 is 10.3 Å². The Morgan fingerprint density at radius 3 is 2.56 bits per heavy atom. The molecule has 1 aromatic heterocycles. The van der Waals surface area contributed by atoms with E-state index in [1.165, 1.54) is 18.5 Å². The Labute approximate surface area is 130 Å². The van der Waals surface area contributed by atoms with E-state index in [4.69, 9.17) is 39.5 Å². The van der Waals surface area contributed by atoms with E-state index in [9.17, 15) is 4.79 Å². The zero-order valence-corrected chi connectivity index (χ0v) is 12.9. The van der Waals surface area contributed by atoms with E-state index < -0.39 is 0 Å². The van der Waals surface area contributed by atoms with Crippen LogP contribution in [0.3, 0.4) is 0 Å². The van der Waals surface area contributed by atoms with E-state index >= 15 is 0 Å². The van der Waals surface area contributed by atoms with Crippen LogP contribution in [-0.4, -0.2) is 9.97 Å². The summed E-state index contributed by atoms with van der Waals surface area (Å²) in [4.78, 5) is 17.7. The van der Waals surface area contributed by atoms with E-state index in [0.717, 1.165) is 0 Å². The summed E-state index contributed by atoms with van der Waals surface area (Å²) in [6, 6.07) is 2.92. The third-order valence-corrected chi connectivity index (χ3v) is 3.91. The Hall–Kier alpha value is -0.500. The first-order valence-electron chi connectivity index (χ1n) is 4.54. The molecule has 0 aliphatic heterocycles. The quantitative estimate of drug-likeness (QED) is 0.591. The summed E-state index contributed by atoms with van der Waals surface area (Å²) in [6.45, 7) is 0. The molecule has 0 amide bonds. The Bertz CT molecular complexity index is 660. The van der Waals surface area contributed by atoms with Gasteiger partial charge in [0.15, 0.2) is 0 Å². The zero-order chi connectivity index (χ0) is 13.3. The first kappa shape index (κ1) is 13.9. The van der Waals surface area contributed by atoms with E-state index in [-0.39, 0.29) is 22.2 Å². The van der Waals surface area contributed by atoms with E-state index in [0.29, 0.717) is 13.6 Å². The van der Waals surface area contributed by atoms with Crippen molar-refractivity contribution in [2.75, 3.05) is 0 Å². The molecular formula is C10H4Cl3IN2O2. The number of ether oxygens (including phenoxy) is 1. The van der Waals surface area contributed by atoms with Gasteiger partial charge in [-0.1, -0.05) is 34.8 Å². The number of nitrogens with zero attached hydrogens (tertiary/aromatic N) is 1. The maximum atomic E-state index is 11.4. The van der Waals surface area contributed by atoms with Crippen molar-refractivity contribution in [2.45, 2.75) is 0 Å². The van der Waals surface area contributed by atoms with Gasteiger partial charge in [0.25, 0.3) is 5.56 Å². The molecule has 1 N–H and O–H groups in total. The summed E-state index contributed by atoms with van der Waals surface area (Å²) in [6.07, 6.45) is 1.24. The fraction of sp³-hybridized carbons (Fsp3) is 0. The van der Waals surface area contributed by atoms with E-state index in [1.54, 1.807) is 0 Å². The molecule has 0 fully saturated rings. The molecule has 4 nitrogen and oxygen atoms in total. The van der Waals surface area contributed by atoms with Crippen LogP contribution in [0, 0.1) is 3.57 Å². The summed E-state index contributed by atoms with van der Waals surface area (Å²) in [5.74, 6) is 0.432. The zero-order valence-electron chi connectivity index (χ0n) is 8.51. The normalized spacial score (nSPS) is 10.4. The van der Waals surface area contributed by atoms with Crippen molar-refractivity contribution in [2.24, 2.45) is 0 Å². The number of hydrogen-bond acceptors (Lipinski definition) is 3. The van der Waals surface area contributed by atoms with E-state index in [2.05, 4.69) is 9.97 Å². The topological polar surface area (TPSA) is 55.0 Å². The molecular weight excluding hydrogens is 413 g/mol. The Kier molecular flexibility index (Phi) is 4.37. The largest absolute Gasteiger partial charge is 0.436 e. The maximum absolute atomic E-state index is 11.4. The molecule has 0 unspecified atom stereocenters. The molecule has 0 aliphatic carbocycles. The molecule has 0 aliphatic rings. The average molecular weight is 417 g/mol. The van der Waals surface area contributed by atoms with Crippen molar-refractivity contribution in [3.8, 4) is 11.6 Å². The monoisotopic (exact) mass is 416 g/mol. The van der Waals surface area contributed by atoms with Gasteiger partial charge in [0.1, 0.15) is 9.32 Å². The third-order valence-electron chi connectivity index (χ3n) is 1.95. The second-order valence-electron chi connectivity index (χ2n) is 3.15. The molecule has 1 aromatic carbocycles. The average Bonchev–Trinajstić information content (AvgIpc) is 2.32. The lowest BCUT2D eigenvalue weighted by Crippen LogP contribution is -2.11. The Morgan fingerprint density at radius 2 is 1.83 bits per heavy atom. The second-order valence-corrected chi connectivity index (χ2v) is 5.45. The molecule has 0 spiro atoms. The number of H-pyrrole nitrogens is 1. The standard InChI is InChI=1S/C10H4Cl3IN2O2/c11-4-1-6(13)7(2-5(4)12)18-10-8(14)9(17)15-3-16-10/h1-3H,(H,15,16,17). The molecule has 0 saturated carbocycles. The lowest BCUT2D eigenvalue weighted by molar-refractivity contribution is 0.456. The number of aromatic amines is 1. The molecule has 0 atom stereocenters. The van der Waals surface area contributed by atoms with Gasteiger partial charge < -0.3 is 9.72 Å². The van der Waals surface area contributed by atoms with Crippen LogP contribution in [0.2, 0.25) is 15.1 Å². The highest BCUT2D eigenvalue weighted by Crippen LogP contribution is 2.36. The highest BCUT2D eigenvalue weighted by atomic mass is 127. The molecule has 0 radical (unpaired) electrons. The van der Waals surface area contributed by atoms with Crippen LogP contribution in [0.4, 0.5) is 0 Å². The van der Waals surface area contributed by atoms with Crippen molar-refractivity contribution in [1.82, 2.24) is 9.97 Å². The lowest BCUT2D eigenvalue weighted by atomic mass is 10.3. The summed E-state index contributed by atoms with van der Waals surface area (Å²) in [5, 5.41) is 0.903. The van der Waals surface area contributed by atoms with Gasteiger partial charge in [-0.25, -0.2) is 4.98 Å². The van der Waals surface area contributed by atoms with Crippen LogP contribution in [0.1, 0.15) is 0 Å². The molecule has 94 valence electrons.